The minimum absolute atomic E-state index is 0.917. The highest BCUT2D eigenvalue weighted by Crippen LogP contribution is 2.41. The van der Waals surface area contributed by atoms with Crippen LogP contribution in [0.4, 0.5) is 17.1 Å². The largest absolute Gasteiger partial charge is 0.456 e. The highest BCUT2D eigenvalue weighted by Gasteiger charge is 2.16. The summed E-state index contributed by atoms with van der Waals surface area (Å²) in [5.41, 5.74) is 12.4. The van der Waals surface area contributed by atoms with Gasteiger partial charge in [0.2, 0.25) is 0 Å². The molecule has 0 saturated heterocycles. The van der Waals surface area contributed by atoms with Gasteiger partial charge in [-0.3, -0.25) is 0 Å². The summed E-state index contributed by atoms with van der Waals surface area (Å²) in [5, 5.41) is 11.9. The molecule has 0 atom stereocenters. The van der Waals surface area contributed by atoms with Gasteiger partial charge in [-0.2, -0.15) is 0 Å². The molecule has 280 valence electrons. The fraction of sp³-hybridized carbons (Fsp3) is 0. The summed E-state index contributed by atoms with van der Waals surface area (Å²) in [5.74, 6) is 0. The monoisotopic (exact) mass is 763 g/mol. The van der Waals surface area contributed by atoms with Crippen LogP contribution >= 0.6 is 0 Å². The second-order valence-corrected chi connectivity index (χ2v) is 15.8. The van der Waals surface area contributed by atoms with Crippen LogP contribution in [0, 0.1) is 0 Å². The fourth-order valence-electron chi connectivity index (χ4n) is 9.00. The molecule has 0 radical (unpaired) electrons. The fourth-order valence-corrected chi connectivity index (χ4v) is 9.00. The minimum atomic E-state index is 0.917. The van der Waals surface area contributed by atoms with Crippen molar-refractivity contribution in [1.82, 2.24) is 0 Å². The van der Waals surface area contributed by atoms with E-state index in [2.05, 4.69) is 229 Å². The first-order chi connectivity index (χ1) is 29.7. The topological polar surface area (TPSA) is 16.4 Å². The van der Waals surface area contributed by atoms with Gasteiger partial charge in [-0.25, -0.2) is 0 Å². The first-order valence-corrected chi connectivity index (χ1v) is 20.5. The zero-order valence-corrected chi connectivity index (χ0v) is 32.7. The Hall–Kier alpha value is -7.94. The van der Waals surface area contributed by atoms with Crippen molar-refractivity contribution in [2.45, 2.75) is 0 Å². The van der Waals surface area contributed by atoms with Gasteiger partial charge in [0.1, 0.15) is 11.2 Å². The average Bonchev–Trinajstić information content (AvgIpc) is 3.66. The van der Waals surface area contributed by atoms with Crippen LogP contribution in [-0.4, -0.2) is 0 Å². The van der Waals surface area contributed by atoms with Gasteiger partial charge in [-0.05, 0) is 155 Å². The van der Waals surface area contributed by atoms with Crippen LogP contribution in [0.5, 0.6) is 0 Å². The molecule has 0 aliphatic carbocycles. The molecule has 0 aliphatic rings. The first kappa shape index (κ1) is 34.1. The predicted octanol–water partition coefficient (Wildman–Crippen LogP) is 16.7. The Labute approximate surface area is 347 Å². The van der Waals surface area contributed by atoms with E-state index in [9.17, 15) is 0 Å². The number of anilines is 3. The van der Waals surface area contributed by atoms with E-state index in [0.29, 0.717) is 0 Å². The summed E-state index contributed by atoms with van der Waals surface area (Å²) in [7, 11) is 0. The maximum atomic E-state index is 6.38. The Morgan fingerprint density at radius 1 is 0.233 bits per heavy atom. The SMILES string of the molecule is c1ccc(-c2ccc3cc(N(c4ccc(-c5ccc6cc7oc8cc9ccccc9cc8c7cc6c5)cc4)c4ccc5cc(-c6ccccc6)ccc5c4)ccc3c2)cc1. The van der Waals surface area contributed by atoms with Crippen molar-refractivity contribution in [2.24, 2.45) is 0 Å². The summed E-state index contributed by atoms with van der Waals surface area (Å²) < 4.78 is 6.38. The number of nitrogens with zero attached hydrogens (tertiary/aromatic N) is 1. The molecule has 2 nitrogen and oxygen atoms in total. The normalized spacial score (nSPS) is 11.7. The van der Waals surface area contributed by atoms with Crippen LogP contribution < -0.4 is 4.90 Å². The van der Waals surface area contributed by atoms with Gasteiger partial charge in [0.05, 0.1) is 0 Å². The van der Waals surface area contributed by atoms with Gasteiger partial charge in [0, 0.05) is 27.8 Å². The van der Waals surface area contributed by atoms with Crippen LogP contribution in [0.1, 0.15) is 0 Å². The smallest absolute Gasteiger partial charge is 0.136 e. The zero-order chi connectivity index (χ0) is 39.6. The van der Waals surface area contributed by atoms with Gasteiger partial charge >= 0.3 is 0 Å². The molecule has 12 aromatic rings. The maximum absolute atomic E-state index is 6.38. The molecule has 0 fully saturated rings. The maximum Gasteiger partial charge on any atom is 0.136 e. The molecule has 0 N–H and O–H groups in total. The predicted molar refractivity (Wildman–Crippen MR) is 255 cm³/mol. The Kier molecular flexibility index (Phi) is 7.89. The van der Waals surface area contributed by atoms with Crippen molar-refractivity contribution in [3.63, 3.8) is 0 Å². The van der Waals surface area contributed by atoms with E-state index in [0.717, 1.165) is 44.4 Å². The van der Waals surface area contributed by atoms with Crippen molar-refractivity contribution >= 4 is 82.1 Å². The molecule has 0 bridgehead atoms. The lowest BCUT2D eigenvalue weighted by Crippen LogP contribution is -2.10. The van der Waals surface area contributed by atoms with Crippen molar-refractivity contribution in [2.75, 3.05) is 4.90 Å². The van der Waals surface area contributed by atoms with E-state index in [1.807, 2.05) is 0 Å². The van der Waals surface area contributed by atoms with Crippen LogP contribution in [-0.2, 0) is 0 Å². The Bertz CT molecular complexity index is 3460. The van der Waals surface area contributed by atoms with Crippen LogP contribution in [0.25, 0.3) is 98.4 Å². The summed E-state index contributed by atoms with van der Waals surface area (Å²) in [6.45, 7) is 0. The number of furan rings is 1. The van der Waals surface area contributed by atoms with Crippen molar-refractivity contribution in [1.29, 1.82) is 0 Å². The molecule has 1 aromatic heterocycles. The number of benzene rings is 11. The molecule has 2 heteroatoms. The average molecular weight is 764 g/mol. The number of fused-ring (bicyclic) bond motifs is 7. The van der Waals surface area contributed by atoms with E-state index >= 15 is 0 Å². The second kappa shape index (κ2) is 13.9. The summed E-state index contributed by atoms with van der Waals surface area (Å²) in [6.07, 6.45) is 0. The summed E-state index contributed by atoms with van der Waals surface area (Å²) >= 11 is 0. The molecule has 11 aromatic carbocycles. The third kappa shape index (κ3) is 5.97. The zero-order valence-electron chi connectivity index (χ0n) is 32.7. The van der Waals surface area contributed by atoms with Crippen molar-refractivity contribution in [3.8, 4) is 33.4 Å². The molecule has 60 heavy (non-hydrogen) atoms. The Balaban J connectivity index is 0.936. The number of hydrogen-bond donors (Lipinski definition) is 0. The van der Waals surface area contributed by atoms with Gasteiger partial charge in [-0.1, -0.05) is 146 Å². The first-order valence-electron chi connectivity index (χ1n) is 20.5. The molecule has 0 unspecified atom stereocenters. The molecule has 0 aliphatic heterocycles. The molecule has 0 amide bonds. The minimum Gasteiger partial charge on any atom is -0.456 e. The molecular formula is C58H37NO. The van der Waals surface area contributed by atoms with E-state index in [4.69, 9.17) is 4.42 Å². The lowest BCUT2D eigenvalue weighted by molar-refractivity contribution is 0.670. The summed E-state index contributed by atoms with van der Waals surface area (Å²) in [6, 6.07) is 81.5. The third-order valence-corrected chi connectivity index (χ3v) is 12.1. The molecule has 0 spiro atoms. The van der Waals surface area contributed by atoms with Gasteiger partial charge in [0.25, 0.3) is 0 Å². The number of hydrogen-bond acceptors (Lipinski definition) is 2. The van der Waals surface area contributed by atoms with Gasteiger partial charge in [-0.15, -0.1) is 0 Å². The van der Waals surface area contributed by atoms with E-state index in [1.165, 1.54) is 71.1 Å². The van der Waals surface area contributed by atoms with E-state index in [1.54, 1.807) is 0 Å². The summed E-state index contributed by atoms with van der Waals surface area (Å²) in [4.78, 5) is 2.38. The molecular weight excluding hydrogens is 727 g/mol. The standard InChI is InChI=1S/C58H37NO/c1-3-9-38(10-4-1)43-15-18-48-32-53(27-23-46(48)29-43)59(54-28-24-47-30-44(16-19-49(47)33-54)39-11-5-2-6-12-39)52-25-21-40(22-26-52)45-17-20-50-37-58-56(35-51(50)31-45)55-34-41-13-7-8-14-42(41)36-57(55)60-58/h1-37H. The third-order valence-electron chi connectivity index (χ3n) is 12.1. The highest BCUT2D eigenvalue weighted by atomic mass is 16.3. The molecule has 1 heterocycles. The lowest BCUT2D eigenvalue weighted by Gasteiger charge is -2.26. The van der Waals surface area contributed by atoms with Crippen molar-refractivity contribution in [3.05, 3.63) is 224 Å². The Morgan fingerprint density at radius 3 is 1.12 bits per heavy atom. The van der Waals surface area contributed by atoms with Crippen LogP contribution in [0.3, 0.4) is 0 Å². The van der Waals surface area contributed by atoms with E-state index in [-0.39, 0.29) is 0 Å². The molecule has 0 saturated carbocycles. The second-order valence-electron chi connectivity index (χ2n) is 15.8. The van der Waals surface area contributed by atoms with Crippen molar-refractivity contribution < 1.29 is 4.42 Å². The quantitative estimate of drug-likeness (QED) is 0.168. The van der Waals surface area contributed by atoms with Gasteiger partial charge < -0.3 is 9.32 Å². The lowest BCUT2D eigenvalue weighted by atomic mass is 9.98. The van der Waals surface area contributed by atoms with Crippen LogP contribution in [0.2, 0.25) is 0 Å². The number of rotatable bonds is 6. The van der Waals surface area contributed by atoms with Crippen LogP contribution in [0.15, 0.2) is 229 Å². The highest BCUT2D eigenvalue weighted by molar-refractivity contribution is 6.13. The molecule has 12 rings (SSSR count). The Morgan fingerprint density at radius 2 is 0.583 bits per heavy atom. The van der Waals surface area contributed by atoms with Gasteiger partial charge in [0.15, 0.2) is 0 Å². The van der Waals surface area contributed by atoms with E-state index < -0.39 is 0 Å².